The number of carbonyl (C=O) groups is 1. The predicted octanol–water partition coefficient (Wildman–Crippen LogP) is 10.9. The van der Waals surface area contributed by atoms with Crippen LogP contribution in [0.5, 0.6) is 0 Å². The van der Waals surface area contributed by atoms with Crippen LogP contribution in [0.15, 0.2) is 85.1 Å². The number of hydrogen-bond acceptors (Lipinski definition) is 11. The van der Waals surface area contributed by atoms with Gasteiger partial charge in [0.05, 0.1) is 19.8 Å². The largest absolute Gasteiger partial charge is 0.457 e. The molecule has 1 heterocycles. The van der Waals surface area contributed by atoms with Crippen molar-refractivity contribution in [3.8, 4) is 0 Å². The molecule has 1 aliphatic rings. The van der Waals surface area contributed by atoms with Crippen LogP contribution in [0, 0.1) is 0 Å². The second-order valence-electron chi connectivity index (χ2n) is 16.3. The van der Waals surface area contributed by atoms with Crippen LogP contribution in [-0.2, 0) is 38.3 Å². The van der Waals surface area contributed by atoms with Crippen LogP contribution < -0.4 is 0 Å². The van der Waals surface area contributed by atoms with Crippen LogP contribution >= 0.6 is 0 Å². The first kappa shape index (κ1) is 59.3. The minimum Gasteiger partial charge on any atom is -0.457 e. The van der Waals surface area contributed by atoms with Crippen molar-refractivity contribution in [3.05, 3.63) is 85.1 Å². The quantitative estimate of drug-likeness (QED) is 0.0198. The lowest BCUT2D eigenvalue weighted by atomic mass is 9.99. The van der Waals surface area contributed by atoms with E-state index in [-0.39, 0.29) is 19.6 Å². The van der Waals surface area contributed by atoms with Crippen molar-refractivity contribution in [2.24, 2.45) is 0 Å². The molecule has 0 aliphatic carbocycles. The van der Waals surface area contributed by atoms with Crippen LogP contribution in [0.4, 0.5) is 0 Å². The molecule has 1 saturated heterocycles. The molecule has 12 nitrogen and oxygen atoms in total. The van der Waals surface area contributed by atoms with Gasteiger partial charge in [0, 0.05) is 13.0 Å². The molecule has 0 spiro atoms. The Bertz CT molecular complexity index is 1440. The van der Waals surface area contributed by atoms with Crippen molar-refractivity contribution < 1.29 is 56.2 Å². The van der Waals surface area contributed by atoms with E-state index >= 15 is 0 Å². The van der Waals surface area contributed by atoms with Gasteiger partial charge in [-0.15, -0.1) is 0 Å². The fourth-order valence-corrected chi connectivity index (χ4v) is 7.35. The third-order valence-electron chi connectivity index (χ3n) is 10.5. The van der Waals surface area contributed by atoms with Gasteiger partial charge in [-0.05, 0) is 89.9 Å². The lowest BCUT2D eigenvalue weighted by Gasteiger charge is -2.41. The monoisotopic (exact) mass is 923 g/mol. The Hall–Kier alpha value is -2.72. The van der Waals surface area contributed by atoms with E-state index < -0.39 is 59.8 Å². The summed E-state index contributed by atoms with van der Waals surface area (Å²) in [6.45, 7) is 3.79. The van der Waals surface area contributed by atoms with E-state index in [9.17, 15) is 33.1 Å². The Labute approximate surface area is 387 Å². The molecule has 0 radical (unpaired) electrons. The third kappa shape index (κ3) is 34.6. The fourth-order valence-electron chi connectivity index (χ4n) is 6.85. The number of aliphatic hydroxyl groups excluding tert-OH is 3. The molecule has 6 atom stereocenters. The molecule has 1 fully saturated rings. The first-order valence-electron chi connectivity index (χ1n) is 24.3. The minimum atomic E-state index is -5.07. The van der Waals surface area contributed by atoms with E-state index in [0.717, 1.165) is 103 Å². The summed E-state index contributed by atoms with van der Waals surface area (Å²) in [5, 5.41) is 30.7. The minimum absolute atomic E-state index is 0.0155. The molecule has 0 aromatic heterocycles. The second-order valence-corrected chi connectivity index (χ2v) is 17.4. The molecule has 64 heavy (non-hydrogen) atoms. The van der Waals surface area contributed by atoms with Gasteiger partial charge in [0.15, 0.2) is 6.29 Å². The summed E-state index contributed by atoms with van der Waals surface area (Å²) in [5.41, 5.74) is 0. The van der Waals surface area contributed by atoms with E-state index in [1.54, 1.807) is 0 Å². The topological polar surface area (TPSA) is 178 Å². The second kappa shape index (κ2) is 41.7. The van der Waals surface area contributed by atoms with Crippen LogP contribution in [0.1, 0.15) is 168 Å². The predicted molar refractivity (Wildman–Crippen MR) is 257 cm³/mol. The number of ether oxygens (including phenoxy) is 4. The number of esters is 1. The molecule has 0 aromatic rings. The Balaban J connectivity index is 2.43. The molecule has 0 amide bonds. The molecule has 0 aromatic carbocycles. The first-order chi connectivity index (χ1) is 31.1. The molecule has 6 unspecified atom stereocenters. The highest BCUT2D eigenvalue weighted by molar-refractivity contribution is 7.80. The highest BCUT2D eigenvalue weighted by Crippen LogP contribution is 2.26. The van der Waals surface area contributed by atoms with E-state index in [4.69, 9.17) is 18.9 Å². The van der Waals surface area contributed by atoms with Crippen LogP contribution in [0.25, 0.3) is 0 Å². The summed E-state index contributed by atoms with van der Waals surface area (Å²) in [6, 6.07) is 0. The maximum atomic E-state index is 12.9. The lowest BCUT2D eigenvalue weighted by molar-refractivity contribution is -0.301. The zero-order chi connectivity index (χ0) is 46.8. The SMILES string of the molecule is CC/C=C\C/C=C\C/C=C\C/C=C\C/C=C\CCCCCCCC(=O)OC(COCCCCCCCC/C=C\C/C=C\CCCCC)COC1OC(CO)C(O)C(OS(=O)(=O)O)C1O. The molecular formula is C51H86O12S. The Morgan fingerprint density at radius 1 is 0.609 bits per heavy atom. The van der Waals surface area contributed by atoms with Gasteiger partial charge >= 0.3 is 16.4 Å². The third-order valence-corrected chi connectivity index (χ3v) is 11.0. The average molecular weight is 923 g/mol. The highest BCUT2D eigenvalue weighted by Gasteiger charge is 2.48. The van der Waals surface area contributed by atoms with Gasteiger partial charge in [0.1, 0.15) is 30.5 Å². The van der Waals surface area contributed by atoms with Crippen LogP contribution in [0.3, 0.4) is 0 Å². The van der Waals surface area contributed by atoms with Crippen LogP contribution in [0.2, 0.25) is 0 Å². The maximum absolute atomic E-state index is 12.9. The molecule has 1 aliphatic heterocycles. The normalized spacial score (nSPS) is 20.5. The van der Waals surface area contributed by atoms with Crippen molar-refractivity contribution in [3.63, 3.8) is 0 Å². The van der Waals surface area contributed by atoms with E-state index in [0.29, 0.717) is 13.0 Å². The Kier molecular flexibility index (Phi) is 38.6. The zero-order valence-electron chi connectivity index (χ0n) is 39.3. The van der Waals surface area contributed by atoms with E-state index in [1.165, 1.54) is 38.5 Å². The van der Waals surface area contributed by atoms with Gasteiger partial charge in [-0.2, -0.15) is 8.42 Å². The summed E-state index contributed by atoms with van der Waals surface area (Å²) >= 11 is 0. The lowest BCUT2D eigenvalue weighted by Crippen LogP contribution is -2.60. The Morgan fingerprint density at radius 2 is 1.08 bits per heavy atom. The highest BCUT2D eigenvalue weighted by atomic mass is 32.3. The van der Waals surface area contributed by atoms with Crippen molar-refractivity contribution in [2.45, 2.75) is 205 Å². The molecular weight excluding hydrogens is 837 g/mol. The van der Waals surface area contributed by atoms with E-state index in [2.05, 4.69) is 103 Å². The molecule has 0 bridgehead atoms. The first-order valence-corrected chi connectivity index (χ1v) is 25.7. The summed E-state index contributed by atoms with van der Waals surface area (Å²) in [5.74, 6) is -0.425. The van der Waals surface area contributed by atoms with Crippen molar-refractivity contribution in [2.75, 3.05) is 26.4 Å². The molecule has 13 heteroatoms. The summed E-state index contributed by atoms with van der Waals surface area (Å²) in [7, 11) is -5.07. The van der Waals surface area contributed by atoms with Crippen molar-refractivity contribution in [1.82, 2.24) is 0 Å². The summed E-state index contributed by atoms with van der Waals surface area (Å²) in [4.78, 5) is 12.9. The number of allylic oxidation sites excluding steroid dienone is 14. The van der Waals surface area contributed by atoms with E-state index in [1.807, 2.05) is 0 Å². The van der Waals surface area contributed by atoms with Gasteiger partial charge in [-0.1, -0.05) is 157 Å². The Morgan fingerprint density at radius 3 is 1.58 bits per heavy atom. The number of aliphatic hydroxyl groups is 3. The van der Waals surface area contributed by atoms with Crippen LogP contribution in [-0.4, -0.2) is 97.5 Å². The van der Waals surface area contributed by atoms with Gasteiger partial charge in [0.25, 0.3) is 0 Å². The standard InChI is InChI=1S/C51H86O12S/c1-3-5-7-9-11-13-15-17-19-21-22-23-24-25-26-28-30-32-34-36-38-40-47(53)61-45(44-60-51-49(55)50(63-64(56,57)58)48(54)46(42-52)62-51)43-59-41-39-37-35-33-31-29-27-20-18-16-14-12-10-8-6-4-2/h5,7,11-14,17-20,22-23,25-26,45-46,48-52,54-55H,3-4,6,8-10,15-16,21,24,27-44H2,1-2H3,(H,56,57,58)/b7-5-,13-11-,14-12-,19-17-,20-18-,23-22-,26-25-. The summed E-state index contributed by atoms with van der Waals surface area (Å²) < 4.78 is 59.1. The van der Waals surface area contributed by atoms with Gasteiger partial charge in [0.2, 0.25) is 0 Å². The van der Waals surface area contributed by atoms with Gasteiger partial charge in [-0.25, -0.2) is 4.18 Å². The molecule has 4 N–H and O–H groups in total. The summed E-state index contributed by atoms with van der Waals surface area (Å²) in [6.07, 6.45) is 46.0. The van der Waals surface area contributed by atoms with Gasteiger partial charge < -0.3 is 34.3 Å². The van der Waals surface area contributed by atoms with Crippen molar-refractivity contribution in [1.29, 1.82) is 0 Å². The molecule has 0 saturated carbocycles. The number of rotatable bonds is 41. The molecule has 1 rings (SSSR count). The maximum Gasteiger partial charge on any atom is 0.397 e. The zero-order valence-corrected chi connectivity index (χ0v) is 40.1. The number of carbonyl (C=O) groups excluding carboxylic acids is 1. The van der Waals surface area contributed by atoms with Crippen molar-refractivity contribution >= 4 is 16.4 Å². The number of hydrogen-bond donors (Lipinski definition) is 4. The average Bonchev–Trinajstić information content (AvgIpc) is 3.27. The van der Waals surface area contributed by atoms with Gasteiger partial charge in [-0.3, -0.25) is 9.35 Å². The fraction of sp³-hybridized carbons (Fsp3) is 0.706. The molecule has 368 valence electrons. The number of unbranched alkanes of at least 4 members (excludes halogenated alkanes) is 14. The smallest absolute Gasteiger partial charge is 0.397 e.